The second-order valence-corrected chi connectivity index (χ2v) is 4.68. The third-order valence-electron chi connectivity index (χ3n) is 3.12. The molecule has 0 bridgehead atoms. The molecule has 23 heavy (non-hydrogen) atoms. The zero-order valence-corrected chi connectivity index (χ0v) is 13.6. The van der Waals surface area contributed by atoms with E-state index in [4.69, 9.17) is 14.2 Å². The van der Waals surface area contributed by atoms with Gasteiger partial charge >= 0.3 is 0 Å². The van der Waals surface area contributed by atoms with Crippen molar-refractivity contribution in [3.05, 3.63) is 42.0 Å². The van der Waals surface area contributed by atoms with Crippen LogP contribution in [0.1, 0.15) is 19.4 Å². The predicted molar refractivity (Wildman–Crippen MR) is 90.7 cm³/mol. The van der Waals surface area contributed by atoms with E-state index in [0.29, 0.717) is 36.0 Å². The van der Waals surface area contributed by atoms with Crippen LogP contribution >= 0.6 is 0 Å². The summed E-state index contributed by atoms with van der Waals surface area (Å²) in [5.41, 5.74) is 1.20. The lowest BCUT2D eigenvalue weighted by Gasteiger charge is -2.09. The smallest absolute Gasteiger partial charge is 0.145 e. The number of aliphatic imine (C=N–C) groups is 1. The van der Waals surface area contributed by atoms with E-state index in [9.17, 15) is 5.11 Å². The number of phenols is 1. The standard InChI is InChI=1S/C18H21NO4/c1-4-22-15-7-9-18(23-5-2)16(11-15)19-12-13-10-14(21-3)6-8-17(13)20/h6-12,20H,4-5H2,1-3H3. The summed E-state index contributed by atoms with van der Waals surface area (Å²) in [6.45, 7) is 4.96. The van der Waals surface area contributed by atoms with Gasteiger partial charge in [0.15, 0.2) is 0 Å². The Labute approximate surface area is 136 Å². The fourth-order valence-electron chi connectivity index (χ4n) is 2.03. The molecule has 0 aliphatic rings. The SMILES string of the molecule is CCOc1ccc(OCC)c(N=Cc2cc(OC)ccc2O)c1. The van der Waals surface area contributed by atoms with E-state index < -0.39 is 0 Å². The van der Waals surface area contributed by atoms with Gasteiger partial charge in [-0.2, -0.15) is 0 Å². The molecule has 5 heteroatoms. The van der Waals surface area contributed by atoms with Gasteiger partial charge in [0.05, 0.1) is 20.3 Å². The van der Waals surface area contributed by atoms with Gasteiger partial charge in [-0.3, -0.25) is 4.99 Å². The molecule has 2 rings (SSSR count). The van der Waals surface area contributed by atoms with Crippen molar-refractivity contribution >= 4 is 11.9 Å². The molecular formula is C18H21NO4. The monoisotopic (exact) mass is 315 g/mol. The number of aromatic hydroxyl groups is 1. The predicted octanol–water partition coefficient (Wildman–Crippen LogP) is 3.95. The zero-order chi connectivity index (χ0) is 16.7. The molecule has 0 amide bonds. The average Bonchev–Trinajstić information content (AvgIpc) is 2.56. The van der Waals surface area contributed by atoms with Crippen molar-refractivity contribution in [1.29, 1.82) is 0 Å². The van der Waals surface area contributed by atoms with Gasteiger partial charge in [-0.15, -0.1) is 0 Å². The first-order valence-electron chi connectivity index (χ1n) is 7.48. The summed E-state index contributed by atoms with van der Waals surface area (Å²) in [5.74, 6) is 2.17. The molecule has 0 unspecified atom stereocenters. The second-order valence-electron chi connectivity index (χ2n) is 4.68. The van der Waals surface area contributed by atoms with Crippen LogP contribution in [-0.4, -0.2) is 31.6 Å². The van der Waals surface area contributed by atoms with Gasteiger partial charge in [-0.1, -0.05) is 0 Å². The second kappa shape index (κ2) is 8.08. The maximum absolute atomic E-state index is 9.92. The zero-order valence-electron chi connectivity index (χ0n) is 13.6. The summed E-state index contributed by atoms with van der Waals surface area (Å²) >= 11 is 0. The number of hydrogen-bond donors (Lipinski definition) is 1. The Morgan fingerprint density at radius 2 is 1.74 bits per heavy atom. The first-order valence-corrected chi connectivity index (χ1v) is 7.48. The molecule has 0 aliphatic heterocycles. The molecule has 0 heterocycles. The number of ether oxygens (including phenoxy) is 3. The molecule has 0 spiro atoms. The fourth-order valence-corrected chi connectivity index (χ4v) is 2.03. The molecule has 2 aromatic rings. The van der Waals surface area contributed by atoms with Gasteiger partial charge in [0, 0.05) is 17.8 Å². The normalized spacial score (nSPS) is 10.7. The van der Waals surface area contributed by atoms with Crippen molar-refractivity contribution in [3.8, 4) is 23.0 Å². The van der Waals surface area contributed by atoms with E-state index in [1.807, 2.05) is 32.0 Å². The molecule has 0 radical (unpaired) electrons. The van der Waals surface area contributed by atoms with Gasteiger partial charge in [-0.25, -0.2) is 0 Å². The minimum Gasteiger partial charge on any atom is -0.507 e. The Morgan fingerprint density at radius 1 is 1.00 bits per heavy atom. The minimum atomic E-state index is 0.133. The van der Waals surface area contributed by atoms with Crippen LogP contribution in [0, 0.1) is 0 Å². The summed E-state index contributed by atoms with van der Waals surface area (Å²) in [7, 11) is 1.58. The van der Waals surface area contributed by atoms with Gasteiger partial charge in [-0.05, 0) is 44.2 Å². The number of hydrogen-bond acceptors (Lipinski definition) is 5. The highest BCUT2D eigenvalue weighted by molar-refractivity contribution is 5.86. The van der Waals surface area contributed by atoms with Crippen molar-refractivity contribution in [3.63, 3.8) is 0 Å². The van der Waals surface area contributed by atoms with Crippen molar-refractivity contribution < 1.29 is 19.3 Å². The molecular weight excluding hydrogens is 294 g/mol. The largest absolute Gasteiger partial charge is 0.507 e. The lowest BCUT2D eigenvalue weighted by Crippen LogP contribution is -1.95. The Bertz CT molecular complexity index is 683. The van der Waals surface area contributed by atoms with Gasteiger partial charge in [0.25, 0.3) is 0 Å². The third kappa shape index (κ3) is 4.39. The van der Waals surface area contributed by atoms with E-state index >= 15 is 0 Å². The summed E-state index contributed by atoms with van der Waals surface area (Å²) in [6.07, 6.45) is 1.57. The molecule has 0 aliphatic carbocycles. The summed E-state index contributed by atoms with van der Waals surface area (Å²) < 4.78 is 16.2. The summed E-state index contributed by atoms with van der Waals surface area (Å²) in [6, 6.07) is 10.4. The number of rotatable bonds is 7. The fraction of sp³-hybridized carbons (Fsp3) is 0.278. The lowest BCUT2D eigenvalue weighted by atomic mass is 10.2. The van der Waals surface area contributed by atoms with Crippen LogP contribution in [-0.2, 0) is 0 Å². The number of phenolic OH excluding ortho intramolecular Hbond substituents is 1. The number of benzene rings is 2. The molecule has 2 aromatic carbocycles. The highest BCUT2D eigenvalue weighted by Gasteiger charge is 2.06. The Hall–Kier alpha value is -2.69. The van der Waals surface area contributed by atoms with Crippen molar-refractivity contribution in [1.82, 2.24) is 0 Å². The maximum atomic E-state index is 9.92. The lowest BCUT2D eigenvalue weighted by molar-refractivity contribution is 0.331. The molecule has 0 atom stereocenters. The first kappa shape index (κ1) is 16.7. The van der Waals surface area contributed by atoms with E-state index in [0.717, 1.165) is 5.75 Å². The van der Waals surface area contributed by atoms with E-state index in [1.54, 1.807) is 31.5 Å². The van der Waals surface area contributed by atoms with E-state index in [1.165, 1.54) is 0 Å². The molecule has 1 N–H and O–H groups in total. The number of nitrogens with zero attached hydrogens (tertiary/aromatic N) is 1. The molecule has 0 saturated heterocycles. The molecule has 0 fully saturated rings. The quantitative estimate of drug-likeness (QED) is 0.786. The van der Waals surface area contributed by atoms with Crippen LogP contribution in [0.3, 0.4) is 0 Å². The molecule has 122 valence electrons. The van der Waals surface area contributed by atoms with Crippen LogP contribution in [0.5, 0.6) is 23.0 Å². The third-order valence-corrected chi connectivity index (χ3v) is 3.12. The van der Waals surface area contributed by atoms with Crippen LogP contribution in [0.2, 0.25) is 0 Å². The first-order chi connectivity index (χ1) is 11.2. The maximum Gasteiger partial charge on any atom is 0.145 e. The van der Waals surface area contributed by atoms with Crippen LogP contribution in [0.15, 0.2) is 41.4 Å². The summed E-state index contributed by atoms with van der Waals surface area (Å²) in [5, 5.41) is 9.92. The Balaban J connectivity index is 2.34. The Morgan fingerprint density at radius 3 is 2.43 bits per heavy atom. The average molecular weight is 315 g/mol. The van der Waals surface area contributed by atoms with Gasteiger partial charge < -0.3 is 19.3 Å². The van der Waals surface area contributed by atoms with Gasteiger partial charge in [0.1, 0.15) is 28.7 Å². The van der Waals surface area contributed by atoms with Crippen LogP contribution < -0.4 is 14.2 Å². The Kier molecular flexibility index (Phi) is 5.86. The van der Waals surface area contributed by atoms with Crippen LogP contribution in [0.4, 0.5) is 5.69 Å². The molecule has 5 nitrogen and oxygen atoms in total. The van der Waals surface area contributed by atoms with E-state index in [-0.39, 0.29) is 5.75 Å². The van der Waals surface area contributed by atoms with Crippen LogP contribution in [0.25, 0.3) is 0 Å². The van der Waals surface area contributed by atoms with Crippen molar-refractivity contribution in [2.24, 2.45) is 4.99 Å². The van der Waals surface area contributed by atoms with Gasteiger partial charge in [0.2, 0.25) is 0 Å². The molecule has 0 aromatic heterocycles. The topological polar surface area (TPSA) is 60.3 Å². The van der Waals surface area contributed by atoms with Crippen molar-refractivity contribution in [2.45, 2.75) is 13.8 Å². The molecule has 0 saturated carbocycles. The highest BCUT2D eigenvalue weighted by atomic mass is 16.5. The number of methoxy groups -OCH3 is 1. The van der Waals surface area contributed by atoms with E-state index in [2.05, 4.69) is 4.99 Å². The highest BCUT2D eigenvalue weighted by Crippen LogP contribution is 2.32. The minimum absolute atomic E-state index is 0.133. The van der Waals surface area contributed by atoms with Crippen molar-refractivity contribution in [2.75, 3.05) is 20.3 Å². The summed E-state index contributed by atoms with van der Waals surface area (Å²) in [4.78, 5) is 4.43.